The van der Waals surface area contributed by atoms with Crippen molar-refractivity contribution in [3.63, 3.8) is 0 Å². The summed E-state index contributed by atoms with van der Waals surface area (Å²) < 4.78 is 39.7. The van der Waals surface area contributed by atoms with Crippen LogP contribution in [0.25, 0.3) is 0 Å². The standard InChI is InChI=1S/C23H24F3N5O/c24-23(25,26)18-1-2-28-10-17(18)12-30-20-29-11-16(9-27)19(31-20)8-21-4-14-3-15(5-21)7-22(32,6-14)13-21/h1-2,10-11,14-15,32H,3-8,12-13H2,(H,29,30,31). The van der Waals surface area contributed by atoms with E-state index in [1.165, 1.54) is 18.8 Å². The largest absolute Gasteiger partial charge is 0.416 e. The molecule has 6 rings (SSSR count). The molecule has 32 heavy (non-hydrogen) atoms. The Morgan fingerprint density at radius 1 is 1.19 bits per heavy atom. The van der Waals surface area contributed by atoms with Crippen LogP contribution in [0, 0.1) is 28.6 Å². The van der Waals surface area contributed by atoms with Crippen molar-refractivity contribution >= 4 is 5.95 Å². The third kappa shape index (κ3) is 3.92. The quantitative estimate of drug-likeness (QED) is 0.718. The second-order valence-electron chi connectivity index (χ2n) is 9.91. The Hall–Kier alpha value is -2.73. The van der Waals surface area contributed by atoms with Gasteiger partial charge in [-0.25, -0.2) is 9.97 Å². The zero-order valence-corrected chi connectivity index (χ0v) is 17.5. The van der Waals surface area contributed by atoms with E-state index in [0.29, 0.717) is 29.5 Å². The molecule has 4 saturated carbocycles. The molecule has 0 radical (unpaired) electrons. The molecule has 0 aliphatic heterocycles. The molecule has 6 nitrogen and oxygen atoms in total. The van der Waals surface area contributed by atoms with Gasteiger partial charge in [-0.15, -0.1) is 0 Å². The molecular weight excluding hydrogens is 419 g/mol. The third-order valence-corrected chi connectivity index (χ3v) is 7.33. The SMILES string of the molecule is N#Cc1cnc(NCc2cnccc2C(F)(F)F)nc1CC12CC3CC(CC(O)(C3)C1)C2. The summed E-state index contributed by atoms with van der Waals surface area (Å²) in [6, 6.07) is 3.09. The van der Waals surface area contributed by atoms with Gasteiger partial charge in [0.1, 0.15) is 6.07 Å². The third-order valence-electron chi connectivity index (χ3n) is 7.33. The van der Waals surface area contributed by atoms with E-state index in [0.717, 1.165) is 44.4 Å². The highest BCUT2D eigenvalue weighted by Crippen LogP contribution is 2.62. The van der Waals surface area contributed by atoms with Crippen LogP contribution in [0.15, 0.2) is 24.7 Å². The van der Waals surface area contributed by atoms with Gasteiger partial charge in [0.05, 0.1) is 28.6 Å². The minimum absolute atomic E-state index is 0.00202. The van der Waals surface area contributed by atoms with Crippen LogP contribution >= 0.6 is 0 Å². The minimum Gasteiger partial charge on any atom is -0.390 e. The Bertz CT molecular complexity index is 1070. The lowest BCUT2D eigenvalue weighted by molar-refractivity contribution is -0.163. The second-order valence-corrected chi connectivity index (χ2v) is 9.91. The topological polar surface area (TPSA) is 94.7 Å². The lowest BCUT2D eigenvalue weighted by Gasteiger charge is -2.60. The van der Waals surface area contributed by atoms with E-state index in [1.54, 1.807) is 0 Å². The molecule has 2 aromatic heterocycles. The van der Waals surface area contributed by atoms with Crippen LogP contribution in [0.4, 0.5) is 19.1 Å². The van der Waals surface area contributed by atoms with Crippen LogP contribution in [0.5, 0.6) is 0 Å². The maximum Gasteiger partial charge on any atom is 0.416 e. The molecule has 4 aliphatic carbocycles. The molecule has 4 bridgehead atoms. The molecule has 2 aromatic rings. The first kappa shape index (κ1) is 21.1. The minimum atomic E-state index is -4.48. The maximum absolute atomic E-state index is 13.2. The number of hydrogen-bond donors (Lipinski definition) is 2. The molecule has 168 valence electrons. The molecule has 4 aliphatic rings. The molecule has 4 fully saturated rings. The van der Waals surface area contributed by atoms with E-state index in [2.05, 4.69) is 26.3 Å². The summed E-state index contributed by atoms with van der Waals surface area (Å²) in [4.78, 5) is 12.4. The van der Waals surface area contributed by atoms with Crippen molar-refractivity contribution in [1.82, 2.24) is 15.0 Å². The Balaban J connectivity index is 1.37. The first-order valence-electron chi connectivity index (χ1n) is 10.9. The van der Waals surface area contributed by atoms with Gasteiger partial charge >= 0.3 is 6.18 Å². The van der Waals surface area contributed by atoms with E-state index >= 15 is 0 Å². The summed E-state index contributed by atoms with van der Waals surface area (Å²) in [7, 11) is 0. The summed E-state index contributed by atoms with van der Waals surface area (Å²) in [6.45, 7) is -0.136. The average molecular weight is 443 g/mol. The van der Waals surface area contributed by atoms with E-state index < -0.39 is 17.3 Å². The van der Waals surface area contributed by atoms with Gasteiger partial charge in [-0.2, -0.15) is 18.4 Å². The van der Waals surface area contributed by atoms with Gasteiger partial charge in [0.2, 0.25) is 5.95 Å². The number of anilines is 1. The summed E-state index contributed by atoms with van der Waals surface area (Å²) in [5, 5.41) is 23.5. The molecule has 0 spiro atoms. The number of rotatable bonds is 5. The van der Waals surface area contributed by atoms with Crippen LogP contribution in [-0.4, -0.2) is 25.7 Å². The highest BCUT2D eigenvalue weighted by molar-refractivity contribution is 5.39. The number of pyridine rings is 1. The van der Waals surface area contributed by atoms with Crippen molar-refractivity contribution in [3.8, 4) is 6.07 Å². The first-order chi connectivity index (χ1) is 15.2. The summed E-state index contributed by atoms with van der Waals surface area (Å²) in [5.41, 5.74) is -0.482. The zero-order chi connectivity index (χ0) is 22.6. The molecule has 0 saturated heterocycles. The zero-order valence-electron chi connectivity index (χ0n) is 17.5. The number of hydrogen-bond acceptors (Lipinski definition) is 6. The monoisotopic (exact) mass is 443 g/mol. The highest BCUT2D eigenvalue weighted by Gasteiger charge is 2.57. The van der Waals surface area contributed by atoms with E-state index in [4.69, 9.17) is 0 Å². The summed E-state index contributed by atoms with van der Waals surface area (Å²) in [6.07, 6.45) is 5.46. The lowest BCUT2D eigenvalue weighted by atomic mass is 9.47. The van der Waals surface area contributed by atoms with Gasteiger partial charge in [0, 0.05) is 24.5 Å². The van der Waals surface area contributed by atoms with E-state index in [9.17, 15) is 23.5 Å². The number of halogens is 3. The van der Waals surface area contributed by atoms with Gasteiger partial charge in [-0.3, -0.25) is 4.98 Å². The Labute approximate surface area is 183 Å². The summed E-state index contributed by atoms with van der Waals surface area (Å²) >= 11 is 0. The second kappa shape index (κ2) is 7.41. The molecule has 9 heteroatoms. The van der Waals surface area contributed by atoms with E-state index in [-0.39, 0.29) is 23.5 Å². The van der Waals surface area contributed by atoms with Crippen molar-refractivity contribution in [2.24, 2.45) is 17.3 Å². The van der Waals surface area contributed by atoms with Crippen molar-refractivity contribution in [2.75, 3.05) is 5.32 Å². The fraction of sp³-hybridized carbons (Fsp3) is 0.565. The number of aliphatic hydroxyl groups is 1. The highest BCUT2D eigenvalue weighted by atomic mass is 19.4. The molecule has 2 heterocycles. The fourth-order valence-corrected chi connectivity index (χ4v) is 6.71. The van der Waals surface area contributed by atoms with Crippen LogP contribution in [0.1, 0.15) is 60.9 Å². The predicted molar refractivity (Wildman–Crippen MR) is 109 cm³/mol. The molecule has 2 unspecified atom stereocenters. The molecule has 2 N–H and O–H groups in total. The maximum atomic E-state index is 13.2. The summed E-state index contributed by atoms with van der Waals surface area (Å²) in [5.74, 6) is 1.20. The normalized spacial score (nSPS) is 30.8. The van der Waals surface area contributed by atoms with Crippen LogP contribution in [-0.2, 0) is 19.1 Å². The van der Waals surface area contributed by atoms with Crippen molar-refractivity contribution in [2.45, 2.75) is 63.3 Å². The van der Waals surface area contributed by atoms with Gasteiger partial charge < -0.3 is 10.4 Å². The molecule has 2 atom stereocenters. The van der Waals surface area contributed by atoms with Gasteiger partial charge in [-0.1, -0.05) is 0 Å². The Morgan fingerprint density at radius 3 is 2.59 bits per heavy atom. The number of nitrogens with zero attached hydrogens (tertiary/aromatic N) is 4. The lowest BCUT2D eigenvalue weighted by Crippen LogP contribution is -2.56. The number of alkyl halides is 3. The van der Waals surface area contributed by atoms with Gasteiger partial charge in [0.15, 0.2) is 0 Å². The number of nitrogens with one attached hydrogen (secondary N) is 1. The molecular formula is C23H24F3N5O. The Kier molecular flexibility index (Phi) is 4.89. The molecule has 0 amide bonds. The average Bonchev–Trinajstić information content (AvgIpc) is 2.70. The smallest absolute Gasteiger partial charge is 0.390 e. The van der Waals surface area contributed by atoms with Gasteiger partial charge in [-0.05, 0) is 68.3 Å². The fourth-order valence-electron chi connectivity index (χ4n) is 6.71. The van der Waals surface area contributed by atoms with Gasteiger partial charge in [0.25, 0.3) is 0 Å². The van der Waals surface area contributed by atoms with E-state index in [1.807, 2.05) is 0 Å². The Morgan fingerprint density at radius 2 is 1.94 bits per heavy atom. The first-order valence-corrected chi connectivity index (χ1v) is 10.9. The van der Waals surface area contributed by atoms with Crippen molar-refractivity contribution in [3.05, 3.63) is 47.0 Å². The molecule has 0 aromatic carbocycles. The van der Waals surface area contributed by atoms with Crippen molar-refractivity contribution in [1.29, 1.82) is 5.26 Å². The van der Waals surface area contributed by atoms with Crippen molar-refractivity contribution < 1.29 is 18.3 Å². The van der Waals surface area contributed by atoms with Crippen LogP contribution < -0.4 is 5.32 Å². The number of nitriles is 1. The van der Waals surface area contributed by atoms with Crippen LogP contribution in [0.2, 0.25) is 0 Å². The van der Waals surface area contributed by atoms with Crippen LogP contribution in [0.3, 0.4) is 0 Å². The number of aromatic nitrogens is 3. The predicted octanol–water partition coefficient (Wildman–Crippen LogP) is 4.25.